The first-order valence-corrected chi connectivity index (χ1v) is 7.27. The molecule has 0 atom stereocenters. The first-order chi connectivity index (χ1) is 8.04. The average molecular weight is 318 g/mol. The minimum absolute atomic E-state index is 0.498. The Bertz CT molecular complexity index is 400. The van der Waals surface area contributed by atoms with Gasteiger partial charge in [-0.2, -0.15) is 0 Å². The molecule has 1 fully saturated rings. The molecule has 0 amide bonds. The topological polar surface area (TPSA) is 16.1 Å². The lowest BCUT2D eigenvalue weighted by molar-refractivity contribution is 0.238. The average Bonchev–Trinajstić information content (AvgIpc) is 2.31. The second-order valence-corrected chi connectivity index (χ2v) is 6.43. The molecule has 1 saturated heterocycles. The van der Waals surface area contributed by atoms with E-state index in [1.165, 1.54) is 19.3 Å². The fraction of sp³-hybridized carbons (Fsp3) is 0.615. The second-order valence-electron chi connectivity index (χ2n) is 5.11. The van der Waals surface area contributed by atoms with Crippen molar-refractivity contribution < 1.29 is 0 Å². The molecule has 1 aromatic rings. The van der Waals surface area contributed by atoms with E-state index in [0.29, 0.717) is 5.41 Å². The lowest BCUT2D eigenvalue weighted by atomic mass is 9.78. The predicted molar refractivity (Wildman–Crippen MR) is 76.8 cm³/mol. The first-order valence-electron chi connectivity index (χ1n) is 6.10. The van der Waals surface area contributed by atoms with Crippen molar-refractivity contribution in [3.63, 3.8) is 0 Å². The molecular formula is C13H18BrClN2. The predicted octanol–water partition coefficient (Wildman–Crippen LogP) is 4.51. The molecule has 94 valence electrons. The number of hydrogen-bond donors (Lipinski definition) is 0. The third kappa shape index (κ3) is 2.94. The van der Waals surface area contributed by atoms with Crippen molar-refractivity contribution in [2.75, 3.05) is 18.0 Å². The highest BCUT2D eigenvalue weighted by atomic mass is 79.9. The van der Waals surface area contributed by atoms with Crippen molar-refractivity contribution >= 4 is 33.3 Å². The maximum atomic E-state index is 6.23. The molecule has 0 aromatic carbocycles. The molecule has 0 saturated carbocycles. The van der Waals surface area contributed by atoms with Gasteiger partial charge in [-0.3, -0.25) is 0 Å². The molecule has 0 radical (unpaired) electrons. The van der Waals surface area contributed by atoms with E-state index in [4.69, 9.17) is 11.6 Å². The van der Waals surface area contributed by atoms with Crippen LogP contribution in [-0.4, -0.2) is 18.1 Å². The molecule has 0 spiro atoms. The van der Waals surface area contributed by atoms with Crippen LogP contribution in [0.1, 0.15) is 33.1 Å². The summed E-state index contributed by atoms with van der Waals surface area (Å²) < 4.78 is 0.932. The fourth-order valence-corrected chi connectivity index (χ4v) is 3.00. The Hall–Kier alpha value is -0.280. The van der Waals surface area contributed by atoms with Gasteiger partial charge >= 0.3 is 0 Å². The monoisotopic (exact) mass is 316 g/mol. The summed E-state index contributed by atoms with van der Waals surface area (Å²) >= 11 is 9.62. The van der Waals surface area contributed by atoms with Gasteiger partial charge in [0.15, 0.2) is 0 Å². The normalized spacial score (nSPS) is 19.4. The largest absolute Gasteiger partial charge is 0.355 e. The van der Waals surface area contributed by atoms with Gasteiger partial charge in [0.2, 0.25) is 0 Å². The fourth-order valence-electron chi connectivity index (χ4n) is 2.25. The summed E-state index contributed by atoms with van der Waals surface area (Å²) in [6.45, 7) is 6.76. The number of pyridine rings is 1. The van der Waals surface area contributed by atoms with Crippen LogP contribution < -0.4 is 4.90 Å². The van der Waals surface area contributed by atoms with Gasteiger partial charge in [-0.15, -0.1) is 0 Å². The molecule has 1 aliphatic rings. The van der Waals surface area contributed by atoms with Crippen LogP contribution in [0, 0.1) is 5.41 Å². The van der Waals surface area contributed by atoms with E-state index in [1.54, 1.807) is 0 Å². The number of piperidine rings is 1. The van der Waals surface area contributed by atoms with Gasteiger partial charge in [0, 0.05) is 23.8 Å². The molecule has 2 rings (SSSR count). The van der Waals surface area contributed by atoms with E-state index in [-0.39, 0.29) is 0 Å². The number of hydrogen-bond acceptors (Lipinski definition) is 2. The zero-order valence-electron chi connectivity index (χ0n) is 10.3. The van der Waals surface area contributed by atoms with Gasteiger partial charge in [0.25, 0.3) is 0 Å². The Morgan fingerprint density at radius 1 is 1.47 bits per heavy atom. The highest BCUT2D eigenvalue weighted by Gasteiger charge is 2.29. The lowest BCUT2D eigenvalue weighted by Crippen LogP contribution is -2.39. The number of halogens is 2. The van der Waals surface area contributed by atoms with Crippen molar-refractivity contribution in [2.45, 2.75) is 33.1 Å². The van der Waals surface area contributed by atoms with Crippen LogP contribution in [0.3, 0.4) is 0 Å². The zero-order valence-corrected chi connectivity index (χ0v) is 12.7. The number of anilines is 1. The Kier molecular flexibility index (Phi) is 3.99. The molecule has 2 heterocycles. The highest BCUT2D eigenvalue weighted by molar-refractivity contribution is 9.10. The summed E-state index contributed by atoms with van der Waals surface area (Å²) in [6, 6.07) is 1.91. The number of rotatable bonds is 2. The van der Waals surface area contributed by atoms with Crippen LogP contribution in [-0.2, 0) is 0 Å². The van der Waals surface area contributed by atoms with Crippen molar-refractivity contribution in [1.82, 2.24) is 4.98 Å². The van der Waals surface area contributed by atoms with Gasteiger partial charge in [-0.05, 0) is 40.3 Å². The quantitative estimate of drug-likeness (QED) is 0.797. The van der Waals surface area contributed by atoms with E-state index in [2.05, 4.69) is 39.7 Å². The smallest absolute Gasteiger partial charge is 0.147 e. The van der Waals surface area contributed by atoms with Crippen LogP contribution in [0.15, 0.2) is 16.7 Å². The van der Waals surface area contributed by atoms with E-state index in [0.717, 1.165) is 28.4 Å². The third-order valence-electron chi connectivity index (χ3n) is 3.91. The molecule has 1 aromatic heterocycles. The maximum Gasteiger partial charge on any atom is 0.147 e. The van der Waals surface area contributed by atoms with Gasteiger partial charge in [-0.25, -0.2) is 4.98 Å². The maximum absolute atomic E-state index is 6.23. The van der Waals surface area contributed by atoms with Gasteiger partial charge < -0.3 is 4.90 Å². The summed E-state index contributed by atoms with van der Waals surface area (Å²) in [5.74, 6) is 0.924. The summed E-state index contributed by atoms with van der Waals surface area (Å²) in [4.78, 5) is 6.72. The number of nitrogens with zero attached hydrogens (tertiary/aromatic N) is 2. The van der Waals surface area contributed by atoms with Crippen LogP contribution in [0.25, 0.3) is 0 Å². The Labute approximate surface area is 116 Å². The minimum Gasteiger partial charge on any atom is -0.355 e. The van der Waals surface area contributed by atoms with Crippen LogP contribution >= 0.6 is 27.5 Å². The Morgan fingerprint density at radius 3 is 2.65 bits per heavy atom. The van der Waals surface area contributed by atoms with Crippen LogP contribution in [0.5, 0.6) is 0 Å². The van der Waals surface area contributed by atoms with E-state index >= 15 is 0 Å². The Morgan fingerprint density at radius 2 is 2.12 bits per heavy atom. The zero-order chi connectivity index (χ0) is 12.5. The highest BCUT2D eigenvalue weighted by Crippen LogP contribution is 2.37. The molecule has 1 aliphatic heterocycles. The van der Waals surface area contributed by atoms with E-state index in [9.17, 15) is 0 Å². The van der Waals surface area contributed by atoms with E-state index < -0.39 is 0 Å². The molecule has 17 heavy (non-hydrogen) atoms. The molecule has 2 nitrogen and oxygen atoms in total. The first kappa shape index (κ1) is 13.2. The van der Waals surface area contributed by atoms with Crippen molar-refractivity contribution in [1.29, 1.82) is 0 Å². The molecule has 0 bridgehead atoms. The van der Waals surface area contributed by atoms with Gasteiger partial charge in [-0.1, -0.05) is 31.9 Å². The SMILES string of the molecule is CCC1(C)CCN(c2ncc(Br)cc2Cl)CC1. The van der Waals surface area contributed by atoms with Crippen LogP contribution in [0.2, 0.25) is 5.02 Å². The Balaban J connectivity index is 2.10. The van der Waals surface area contributed by atoms with Crippen molar-refractivity contribution in [2.24, 2.45) is 5.41 Å². The standard InChI is InChI=1S/C13H18BrClN2/c1-3-13(2)4-6-17(7-5-13)12-11(15)8-10(14)9-16-12/h8-9H,3-7H2,1-2H3. The van der Waals surface area contributed by atoms with Crippen molar-refractivity contribution in [3.8, 4) is 0 Å². The number of aromatic nitrogens is 1. The summed E-state index contributed by atoms with van der Waals surface area (Å²) in [5.41, 5.74) is 0.498. The van der Waals surface area contributed by atoms with Crippen LogP contribution in [0.4, 0.5) is 5.82 Å². The third-order valence-corrected chi connectivity index (χ3v) is 4.62. The summed E-state index contributed by atoms with van der Waals surface area (Å²) in [7, 11) is 0. The second kappa shape index (κ2) is 5.15. The van der Waals surface area contributed by atoms with Gasteiger partial charge in [0.1, 0.15) is 5.82 Å². The molecule has 0 unspecified atom stereocenters. The minimum atomic E-state index is 0.498. The summed E-state index contributed by atoms with van der Waals surface area (Å²) in [5, 5.41) is 0.736. The van der Waals surface area contributed by atoms with E-state index in [1.807, 2.05) is 12.3 Å². The molecule has 0 N–H and O–H groups in total. The van der Waals surface area contributed by atoms with Crippen molar-refractivity contribution in [3.05, 3.63) is 21.8 Å². The molecular weight excluding hydrogens is 300 g/mol. The van der Waals surface area contributed by atoms with Gasteiger partial charge in [0.05, 0.1) is 5.02 Å². The summed E-state index contributed by atoms with van der Waals surface area (Å²) in [6.07, 6.45) is 5.51. The molecule has 0 aliphatic carbocycles. The lowest BCUT2D eigenvalue weighted by Gasteiger charge is -2.39. The molecule has 4 heteroatoms.